The van der Waals surface area contributed by atoms with E-state index in [0.717, 1.165) is 42.1 Å². The maximum Gasteiger partial charge on any atom is 0.220 e. The summed E-state index contributed by atoms with van der Waals surface area (Å²) in [6.45, 7) is 4.69. The Kier molecular flexibility index (Phi) is 4.91. The number of rotatable bonds is 5. The molecule has 2 N–H and O–H groups in total. The minimum absolute atomic E-state index is 0.206. The zero-order chi connectivity index (χ0) is 21.4. The Morgan fingerprint density at radius 3 is 2.65 bits per heavy atom. The first-order chi connectivity index (χ1) is 15.1. The van der Waals surface area contributed by atoms with Crippen LogP contribution in [0.25, 0.3) is 22.6 Å². The van der Waals surface area contributed by atoms with Crippen molar-refractivity contribution in [2.45, 2.75) is 19.5 Å². The number of hydrogen-bond donors (Lipinski definition) is 1. The minimum Gasteiger partial charge on any atom is -0.368 e. The monoisotopic (exact) mass is 415 g/mol. The molecule has 1 aliphatic heterocycles. The lowest BCUT2D eigenvalue weighted by atomic mass is 10.0. The van der Waals surface area contributed by atoms with Crippen molar-refractivity contribution in [3.05, 3.63) is 78.3 Å². The predicted octanol–water partition coefficient (Wildman–Crippen LogP) is 3.49. The first-order valence-electron chi connectivity index (χ1n) is 10.1. The van der Waals surface area contributed by atoms with Gasteiger partial charge >= 0.3 is 0 Å². The maximum absolute atomic E-state index is 13.5. The van der Waals surface area contributed by atoms with E-state index in [1.807, 2.05) is 24.8 Å². The first-order valence-corrected chi connectivity index (χ1v) is 10.1. The lowest BCUT2D eigenvalue weighted by molar-refractivity contribution is 0.0996. The van der Waals surface area contributed by atoms with Crippen molar-refractivity contribution in [2.75, 3.05) is 18.8 Å². The summed E-state index contributed by atoms with van der Waals surface area (Å²) in [5.74, 6) is -0.0752. The van der Waals surface area contributed by atoms with Gasteiger partial charge in [0.2, 0.25) is 5.95 Å². The van der Waals surface area contributed by atoms with Gasteiger partial charge in [0.15, 0.2) is 0 Å². The number of nitrogen functional groups attached to an aromatic ring is 1. The van der Waals surface area contributed by atoms with Gasteiger partial charge in [0.25, 0.3) is 0 Å². The van der Waals surface area contributed by atoms with E-state index in [1.165, 1.54) is 17.7 Å². The third kappa shape index (κ3) is 3.89. The number of anilines is 1. The van der Waals surface area contributed by atoms with Gasteiger partial charge in [-0.05, 0) is 48.4 Å². The SMILES string of the molecule is Cc1cncc(CN2CC(n3cnc(-c4ccc(F)cc4)c3-c3ccnc(N)n3)C2)c1. The van der Waals surface area contributed by atoms with Crippen LogP contribution in [0.5, 0.6) is 0 Å². The highest BCUT2D eigenvalue weighted by Gasteiger charge is 2.31. The van der Waals surface area contributed by atoms with Crippen LogP contribution in [0.2, 0.25) is 0 Å². The molecule has 1 aromatic carbocycles. The summed E-state index contributed by atoms with van der Waals surface area (Å²) >= 11 is 0. The molecule has 1 fully saturated rings. The van der Waals surface area contributed by atoms with Gasteiger partial charge in [-0.2, -0.15) is 0 Å². The Hall–Kier alpha value is -3.65. The first kappa shape index (κ1) is 19.3. The highest BCUT2D eigenvalue weighted by Crippen LogP contribution is 2.35. The molecule has 1 saturated heterocycles. The second kappa shape index (κ2) is 7.88. The Labute approximate surface area is 179 Å². The van der Waals surface area contributed by atoms with E-state index in [1.54, 1.807) is 18.3 Å². The molecule has 0 spiro atoms. The molecule has 0 bridgehead atoms. The Balaban J connectivity index is 1.45. The van der Waals surface area contributed by atoms with E-state index in [9.17, 15) is 4.39 Å². The summed E-state index contributed by atoms with van der Waals surface area (Å²) in [4.78, 5) is 19.8. The smallest absolute Gasteiger partial charge is 0.220 e. The number of nitrogens with two attached hydrogens (primary N) is 1. The van der Waals surface area contributed by atoms with Crippen molar-refractivity contribution < 1.29 is 4.39 Å². The van der Waals surface area contributed by atoms with Gasteiger partial charge in [0, 0.05) is 43.8 Å². The molecule has 156 valence electrons. The van der Waals surface area contributed by atoms with Crippen molar-refractivity contribution in [3.8, 4) is 22.6 Å². The Morgan fingerprint density at radius 1 is 1.10 bits per heavy atom. The molecule has 31 heavy (non-hydrogen) atoms. The topological polar surface area (TPSA) is 85.8 Å². The highest BCUT2D eigenvalue weighted by molar-refractivity contribution is 5.77. The fraction of sp³-hybridized carbons (Fsp3) is 0.217. The molecule has 1 aliphatic rings. The molecule has 0 saturated carbocycles. The van der Waals surface area contributed by atoms with E-state index in [4.69, 9.17) is 5.73 Å². The summed E-state index contributed by atoms with van der Waals surface area (Å²) in [7, 11) is 0. The van der Waals surface area contributed by atoms with Crippen molar-refractivity contribution in [1.29, 1.82) is 0 Å². The summed E-state index contributed by atoms with van der Waals surface area (Å²) in [5.41, 5.74) is 11.4. The van der Waals surface area contributed by atoms with Crippen LogP contribution in [0.1, 0.15) is 17.2 Å². The van der Waals surface area contributed by atoms with Crippen LogP contribution in [0.15, 0.2) is 61.3 Å². The number of likely N-dealkylation sites (tertiary alicyclic amines) is 1. The second-order valence-electron chi connectivity index (χ2n) is 7.87. The van der Waals surface area contributed by atoms with Crippen LogP contribution in [-0.4, -0.2) is 42.5 Å². The van der Waals surface area contributed by atoms with Crippen LogP contribution in [0.4, 0.5) is 10.3 Å². The zero-order valence-electron chi connectivity index (χ0n) is 17.1. The van der Waals surface area contributed by atoms with Gasteiger partial charge in [0.05, 0.1) is 29.5 Å². The number of imidazole rings is 1. The maximum atomic E-state index is 13.5. The summed E-state index contributed by atoms with van der Waals surface area (Å²) in [6.07, 6.45) is 7.26. The van der Waals surface area contributed by atoms with Crippen molar-refractivity contribution in [2.24, 2.45) is 0 Å². The summed E-state index contributed by atoms with van der Waals surface area (Å²) in [5, 5.41) is 0. The van der Waals surface area contributed by atoms with Gasteiger partial charge in [-0.25, -0.2) is 19.3 Å². The van der Waals surface area contributed by atoms with Crippen molar-refractivity contribution in [1.82, 2.24) is 29.4 Å². The van der Waals surface area contributed by atoms with Gasteiger partial charge in [0.1, 0.15) is 5.82 Å². The van der Waals surface area contributed by atoms with Gasteiger partial charge in [-0.15, -0.1) is 0 Å². The third-order valence-electron chi connectivity index (χ3n) is 5.50. The fourth-order valence-corrected chi connectivity index (χ4v) is 4.03. The molecular weight excluding hydrogens is 393 g/mol. The fourth-order valence-electron chi connectivity index (χ4n) is 4.03. The second-order valence-corrected chi connectivity index (χ2v) is 7.87. The third-order valence-corrected chi connectivity index (χ3v) is 5.50. The van der Waals surface area contributed by atoms with Crippen LogP contribution < -0.4 is 5.73 Å². The molecule has 0 unspecified atom stereocenters. The predicted molar refractivity (Wildman–Crippen MR) is 116 cm³/mol. The summed E-state index contributed by atoms with van der Waals surface area (Å²) in [6, 6.07) is 10.6. The largest absolute Gasteiger partial charge is 0.368 e. The number of aryl methyl sites for hydroxylation is 1. The summed E-state index contributed by atoms with van der Waals surface area (Å²) < 4.78 is 15.6. The molecular formula is C23H22FN7. The van der Waals surface area contributed by atoms with Crippen LogP contribution >= 0.6 is 0 Å². The van der Waals surface area contributed by atoms with E-state index >= 15 is 0 Å². The molecule has 3 aromatic heterocycles. The van der Waals surface area contributed by atoms with Crippen LogP contribution in [0, 0.1) is 12.7 Å². The molecule has 0 atom stereocenters. The molecule has 8 heteroatoms. The highest BCUT2D eigenvalue weighted by atomic mass is 19.1. The number of halogens is 1. The minimum atomic E-state index is -0.281. The number of pyridine rings is 1. The number of aromatic nitrogens is 5. The van der Waals surface area contributed by atoms with Crippen molar-refractivity contribution >= 4 is 5.95 Å². The zero-order valence-corrected chi connectivity index (χ0v) is 17.1. The quantitative estimate of drug-likeness (QED) is 0.537. The molecule has 0 amide bonds. The van der Waals surface area contributed by atoms with E-state index in [0.29, 0.717) is 5.69 Å². The number of hydrogen-bond acceptors (Lipinski definition) is 6. The number of benzene rings is 1. The molecule has 4 heterocycles. The van der Waals surface area contributed by atoms with Crippen molar-refractivity contribution in [3.63, 3.8) is 0 Å². The van der Waals surface area contributed by atoms with Crippen LogP contribution in [-0.2, 0) is 6.54 Å². The average molecular weight is 415 g/mol. The van der Waals surface area contributed by atoms with Gasteiger partial charge in [-0.1, -0.05) is 6.07 Å². The molecule has 5 rings (SSSR count). The molecule has 7 nitrogen and oxygen atoms in total. The molecule has 4 aromatic rings. The van der Waals surface area contributed by atoms with Gasteiger partial charge < -0.3 is 10.3 Å². The lowest BCUT2D eigenvalue weighted by Gasteiger charge is -2.40. The van der Waals surface area contributed by atoms with E-state index in [-0.39, 0.29) is 17.8 Å². The molecule has 0 radical (unpaired) electrons. The Bertz CT molecular complexity index is 1210. The lowest BCUT2D eigenvalue weighted by Crippen LogP contribution is -2.47. The normalized spacial score (nSPS) is 14.5. The number of nitrogens with zero attached hydrogens (tertiary/aromatic N) is 6. The molecule has 0 aliphatic carbocycles. The Morgan fingerprint density at radius 2 is 1.90 bits per heavy atom. The van der Waals surface area contributed by atoms with E-state index in [2.05, 4.69) is 42.4 Å². The van der Waals surface area contributed by atoms with Gasteiger partial charge in [-0.3, -0.25) is 9.88 Å². The standard InChI is InChI=1S/C23H22FN7/c1-15-8-16(10-26-9-15)11-30-12-19(13-30)31-14-28-21(17-2-4-18(24)5-3-17)22(31)20-6-7-27-23(25)29-20/h2-10,14,19H,11-13H2,1H3,(H2,25,27,29). The van der Waals surface area contributed by atoms with E-state index < -0.39 is 0 Å². The van der Waals surface area contributed by atoms with Crippen LogP contribution in [0.3, 0.4) is 0 Å². The average Bonchev–Trinajstić information content (AvgIpc) is 3.15.